The van der Waals surface area contributed by atoms with Gasteiger partial charge in [0.2, 0.25) is 8.32 Å². The molecule has 0 N–H and O–H groups in total. The summed E-state index contributed by atoms with van der Waals surface area (Å²) in [5.41, 5.74) is 1.69. The van der Waals surface area contributed by atoms with Crippen molar-refractivity contribution in [2.45, 2.75) is 104 Å². The molecule has 0 heterocycles. The Morgan fingerprint density at radius 2 is 1.89 bits per heavy atom. The van der Waals surface area contributed by atoms with Gasteiger partial charge in [0.05, 0.1) is 5.76 Å². The van der Waals surface area contributed by atoms with Crippen LogP contribution in [0.5, 0.6) is 0 Å². The van der Waals surface area contributed by atoms with E-state index in [-0.39, 0.29) is 10.5 Å². The highest BCUT2D eigenvalue weighted by Crippen LogP contribution is 2.57. The van der Waals surface area contributed by atoms with E-state index < -0.39 is 8.32 Å². The molecule has 0 saturated heterocycles. The minimum absolute atomic E-state index is 0.227. The van der Waals surface area contributed by atoms with Gasteiger partial charge in [0.15, 0.2) is 0 Å². The third-order valence-electron chi connectivity index (χ3n) is 8.48. The lowest BCUT2D eigenvalue weighted by Gasteiger charge is -2.42. The lowest BCUT2D eigenvalue weighted by molar-refractivity contribution is -0.129. The maximum atomic E-state index is 12.5. The summed E-state index contributed by atoms with van der Waals surface area (Å²) in [4.78, 5) is 12.5. The molecule has 2 fully saturated rings. The molecule has 0 aromatic heterocycles. The number of hydrogen-bond acceptors (Lipinski definition) is 2. The van der Waals surface area contributed by atoms with Crippen molar-refractivity contribution in [2.75, 3.05) is 0 Å². The maximum Gasteiger partial charge on any atom is 0.250 e. The Kier molecular flexibility index (Phi) is 6.07. The Labute approximate surface area is 174 Å². The predicted octanol–water partition coefficient (Wildman–Crippen LogP) is 7.42. The topological polar surface area (TPSA) is 26.3 Å². The number of fused-ring (bicyclic) bond motifs is 1. The van der Waals surface area contributed by atoms with E-state index >= 15 is 0 Å². The van der Waals surface area contributed by atoms with Crippen LogP contribution in [0.15, 0.2) is 23.5 Å². The molecular weight excluding hydrogens is 360 g/mol. The summed E-state index contributed by atoms with van der Waals surface area (Å²) in [7, 11) is -1.76. The number of carbonyl (C=O) groups is 1. The zero-order chi connectivity index (χ0) is 20.7. The molecule has 2 saturated carbocycles. The summed E-state index contributed by atoms with van der Waals surface area (Å²) < 4.78 is 6.61. The molecule has 0 bridgehead atoms. The van der Waals surface area contributed by atoms with Crippen LogP contribution in [0.1, 0.15) is 86.0 Å². The fourth-order valence-electron chi connectivity index (χ4n) is 5.80. The predicted molar refractivity (Wildman–Crippen MR) is 121 cm³/mol. The van der Waals surface area contributed by atoms with Gasteiger partial charge in [0.1, 0.15) is 5.78 Å². The third kappa shape index (κ3) is 4.20. The Hall–Kier alpha value is -0.833. The van der Waals surface area contributed by atoms with E-state index in [0.29, 0.717) is 23.5 Å². The van der Waals surface area contributed by atoms with E-state index in [1.165, 1.54) is 37.0 Å². The second-order valence-corrected chi connectivity index (χ2v) is 16.2. The molecule has 158 valence electrons. The number of carbonyl (C=O) groups excluding carboxylic acids is 1. The first-order valence-electron chi connectivity index (χ1n) is 11.6. The van der Waals surface area contributed by atoms with Crippen LogP contribution in [-0.4, -0.2) is 14.1 Å². The standard InChI is InChI=1S/C25H42O2Si/c1-18(21-13-14-22-23(26)12-9-15-25(21,22)5)16-19-10-8-11-20(17-19)27-28(6,7)24(2,3)4/h16-18,21-22H,8-15H2,1-7H3/t18-,21-,22?,25-/m1/s1. The molecule has 28 heavy (non-hydrogen) atoms. The van der Waals surface area contributed by atoms with Crippen LogP contribution < -0.4 is 0 Å². The summed E-state index contributed by atoms with van der Waals surface area (Å²) >= 11 is 0. The largest absolute Gasteiger partial charge is 0.547 e. The van der Waals surface area contributed by atoms with Gasteiger partial charge in [-0.05, 0) is 85.6 Å². The van der Waals surface area contributed by atoms with Crippen molar-refractivity contribution in [1.82, 2.24) is 0 Å². The second-order valence-electron chi connectivity index (χ2n) is 11.5. The van der Waals surface area contributed by atoms with E-state index in [4.69, 9.17) is 4.43 Å². The van der Waals surface area contributed by atoms with Crippen LogP contribution in [0.3, 0.4) is 0 Å². The average Bonchev–Trinajstić information content (AvgIpc) is 2.92. The first-order valence-corrected chi connectivity index (χ1v) is 14.5. The highest BCUT2D eigenvalue weighted by Gasteiger charge is 2.52. The van der Waals surface area contributed by atoms with Gasteiger partial charge in [-0.25, -0.2) is 0 Å². The minimum Gasteiger partial charge on any atom is -0.547 e. The van der Waals surface area contributed by atoms with Crippen molar-refractivity contribution in [1.29, 1.82) is 0 Å². The summed E-state index contributed by atoms with van der Waals surface area (Å²) in [6.45, 7) is 16.4. The molecule has 1 unspecified atom stereocenters. The van der Waals surface area contributed by atoms with Crippen LogP contribution >= 0.6 is 0 Å². The van der Waals surface area contributed by atoms with Crippen LogP contribution in [0, 0.1) is 23.2 Å². The van der Waals surface area contributed by atoms with Gasteiger partial charge in [-0.15, -0.1) is 0 Å². The lowest BCUT2D eigenvalue weighted by Crippen LogP contribution is -2.40. The van der Waals surface area contributed by atoms with Crippen molar-refractivity contribution in [3.8, 4) is 0 Å². The molecule has 0 aliphatic heterocycles. The minimum atomic E-state index is -1.76. The maximum absolute atomic E-state index is 12.5. The first-order chi connectivity index (χ1) is 12.9. The summed E-state index contributed by atoms with van der Waals surface area (Å²) in [6.07, 6.45) is 13.8. The molecule has 2 nitrogen and oxygen atoms in total. The van der Waals surface area contributed by atoms with Gasteiger partial charge in [-0.3, -0.25) is 4.79 Å². The number of hydrogen-bond donors (Lipinski definition) is 0. The van der Waals surface area contributed by atoms with Crippen LogP contribution in [-0.2, 0) is 9.22 Å². The Balaban J connectivity index is 1.75. The summed E-state index contributed by atoms with van der Waals surface area (Å²) in [5.74, 6) is 3.26. The van der Waals surface area contributed by atoms with Crippen molar-refractivity contribution < 1.29 is 9.22 Å². The van der Waals surface area contributed by atoms with Crippen LogP contribution in [0.4, 0.5) is 0 Å². The number of rotatable bonds is 4. The summed E-state index contributed by atoms with van der Waals surface area (Å²) in [5, 5.41) is 0.240. The van der Waals surface area contributed by atoms with E-state index in [0.717, 1.165) is 25.7 Å². The van der Waals surface area contributed by atoms with Gasteiger partial charge in [0, 0.05) is 18.8 Å². The molecular formula is C25H42O2Si. The van der Waals surface area contributed by atoms with Crippen LogP contribution in [0.25, 0.3) is 0 Å². The van der Waals surface area contributed by atoms with Gasteiger partial charge in [-0.2, -0.15) is 0 Å². The number of ketones is 1. The van der Waals surface area contributed by atoms with Crippen molar-refractivity contribution in [3.63, 3.8) is 0 Å². The van der Waals surface area contributed by atoms with Crippen molar-refractivity contribution in [2.24, 2.45) is 23.2 Å². The van der Waals surface area contributed by atoms with Gasteiger partial charge in [-0.1, -0.05) is 40.7 Å². The Bertz CT molecular complexity index is 667. The number of Topliss-reactive ketones (excluding diaryl/α,β-unsaturated/α-hetero) is 1. The lowest BCUT2D eigenvalue weighted by atomic mass is 9.62. The van der Waals surface area contributed by atoms with Gasteiger partial charge < -0.3 is 4.43 Å². The Morgan fingerprint density at radius 1 is 1.18 bits per heavy atom. The molecule has 3 rings (SSSR count). The highest BCUT2D eigenvalue weighted by atomic mass is 28.4. The fourth-order valence-corrected chi connectivity index (χ4v) is 6.92. The third-order valence-corrected chi connectivity index (χ3v) is 12.9. The monoisotopic (exact) mass is 402 g/mol. The molecule has 3 heteroatoms. The molecule has 4 atom stereocenters. The molecule has 0 aromatic rings. The quantitative estimate of drug-likeness (QED) is 0.457. The molecule has 0 radical (unpaired) electrons. The average molecular weight is 403 g/mol. The molecule has 3 aliphatic carbocycles. The van der Waals surface area contributed by atoms with Crippen molar-refractivity contribution in [3.05, 3.63) is 23.5 Å². The molecule has 0 amide bonds. The molecule has 0 spiro atoms. The zero-order valence-corrected chi connectivity index (χ0v) is 20.4. The first kappa shape index (κ1) is 21.9. The van der Waals surface area contributed by atoms with E-state index in [2.05, 4.69) is 59.9 Å². The number of allylic oxidation sites excluding steroid dienone is 4. The van der Waals surface area contributed by atoms with Gasteiger partial charge in [0.25, 0.3) is 0 Å². The Morgan fingerprint density at radius 3 is 2.57 bits per heavy atom. The van der Waals surface area contributed by atoms with E-state index in [9.17, 15) is 4.79 Å². The molecule has 0 aromatic carbocycles. The van der Waals surface area contributed by atoms with Crippen molar-refractivity contribution >= 4 is 14.1 Å². The zero-order valence-electron chi connectivity index (χ0n) is 19.4. The fraction of sp³-hybridized carbons (Fsp3) is 0.800. The van der Waals surface area contributed by atoms with E-state index in [1.807, 2.05) is 0 Å². The highest BCUT2D eigenvalue weighted by molar-refractivity contribution is 6.74. The van der Waals surface area contributed by atoms with E-state index in [1.54, 1.807) is 0 Å². The van der Waals surface area contributed by atoms with Crippen LogP contribution in [0.2, 0.25) is 18.1 Å². The molecule has 3 aliphatic rings. The summed E-state index contributed by atoms with van der Waals surface area (Å²) in [6, 6.07) is 0. The second kappa shape index (κ2) is 7.78. The SMILES string of the molecule is C[C@H](C=C1C=C(O[Si](C)(C)C(C)(C)C)CCC1)[C@H]1CCC2C(=O)CCC[C@@]21C. The normalized spacial score (nSPS) is 34.2. The van der Waals surface area contributed by atoms with Gasteiger partial charge >= 0.3 is 0 Å². The smallest absolute Gasteiger partial charge is 0.250 e.